The number of ether oxygens (including phenoxy) is 1. The topological polar surface area (TPSA) is 67.4 Å². The van der Waals surface area contributed by atoms with E-state index in [9.17, 15) is 4.79 Å². The van der Waals surface area contributed by atoms with Crippen molar-refractivity contribution in [3.05, 3.63) is 69.2 Å². The minimum atomic E-state index is -0.177. The first kappa shape index (κ1) is 20.8. The van der Waals surface area contributed by atoms with E-state index in [0.717, 1.165) is 32.5 Å². The van der Waals surface area contributed by atoms with Gasteiger partial charge in [0.2, 0.25) is 5.13 Å². The van der Waals surface area contributed by atoms with Crippen LogP contribution in [0.4, 0.5) is 5.13 Å². The maximum Gasteiger partial charge on any atom is 0.257 e. The number of hydrogen-bond acceptors (Lipinski definition) is 6. The molecule has 0 saturated heterocycles. The zero-order valence-electron chi connectivity index (χ0n) is 16.7. The number of halogens is 1. The number of benzene rings is 2. The molecule has 0 radical (unpaired) electrons. The highest BCUT2D eigenvalue weighted by molar-refractivity contribution is 7.15. The monoisotopic (exact) mass is 442 g/mol. The van der Waals surface area contributed by atoms with Gasteiger partial charge in [-0.3, -0.25) is 15.0 Å². The number of carbonyl (C=O) groups is 1. The zero-order chi connectivity index (χ0) is 20.9. The average Bonchev–Trinajstić information content (AvgIpc) is 3.20. The van der Waals surface area contributed by atoms with E-state index < -0.39 is 0 Å². The molecule has 30 heavy (non-hydrogen) atoms. The van der Waals surface area contributed by atoms with Crippen molar-refractivity contribution >= 4 is 34.0 Å². The third kappa shape index (κ3) is 4.98. The molecule has 2 heterocycles. The Bertz CT molecular complexity index is 1040. The summed E-state index contributed by atoms with van der Waals surface area (Å²) in [6.07, 6.45) is 2.13. The summed E-state index contributed by atoms with van der Waals surface area (Å²) in [5.74, 6) is 0.412. The molecule has 0 atom stereocenters. The van der Waals surface area contributed by atoms with E-state index in [0.29, 0.717) is 26.5 Å². The van der Waals surface area contributed by atoms with Crippen LogP contribution in [-0.2, 0) is 19.6 Å². The molecule has 1 aliphatic rings. The number of carbonyl (C=O) groups excluding carboxylic acids is 1. The predicted molar refractivity (Wildman–Crippen MR) is 119 cm³/mol. The molecule has 156 valence electrons. The minimum absolute atomic E-state index is 0.177. The summed E-state index contributed by atoms with van der Waals surface area (Å²) < 4.78 is 5.67. The highest BCUT2D eigenvalue weighted by atomic mass is 35.5. The smallest absolute Gasteiger partial charge is 0.257 e. The van der Waals surface area contributed by atoms with Gasteiger partial charge in [0, 0.05) is 18.7 Å². The van der Waals surface area contributed by atoms with E-state index in [1.54, 1.807) is 12.1 Å². The van der Waals surface area contributed by atoms with Crippen LogP contribution in [0.1, 0.15) is 39.8 Å². The molecule has 1 aromatic heterocycles. The van der Waals surface area contributed by atoms with Crippen LogP contribution in [0.3, 0.4) is 0 Å². The molecule has 1 N–H and O–H groups in total. The summed E-state index contributed by atoms with van der Waals surface area (Å²) in [6.45, 7) is 5.55. The lowest BCUT2D eigenvalue weighted by Crippen LogP contribution is -2.31. The zero-order valence-corrected chi connectivity index (χ0v) is 18.3. The van der Waals surface area contributed by atoms with Crippen LogP contribution in [0.15, 0.2) is 42.5 Å². The number of fused-ring (bicyclic) bond motifs is 1. The number of hydrogen-bond donors (Lipinski definition) is 1. The second-order valence-corrected chi connectivity index (χ2v) is 8.65. The Hall–Kier alpha value is -2.48. The van der Waals surface area contributed by atoms with Crippen molar-refractivity contribution in [1.29, 1.82) is 0 Å². The molecule has 0 saturated carbocycles. The van der Waals surface area contributed by atoms with Crippen LogP contribution in [0.5, 0.6) is 5.75 Å². The van der Waals surface area contributed by atoms with Gasteiger partial charge in [-0.05, 0) is 54.8 Å². The van der Waals surface area contributed by atoms with Gasteiger partial charge in [0.1, 0.15) is 12.4 Å². The Balaban J connectivity index is 1.36. The number of amides is 1. The van der Waals surface area contributed by atoms with Crippen LogP contribution >= 0.6 is 22.9 Å². The molecular weight excluding hydrogens is 420 g/mol. The molecule has 6 nitrogen and oxygen atoms in total. The van der Waals surface area contributed by atoms with Crippen molar-refractivity contribution in [2.45, 2.75) is 32.9 Å². The summed E-state index contributed by atoms with van der Waals surface area (Å²) in [4.78, 5) is 15.1. The van der Waals surface area contributed by atoms with Crippen molar-refractivity contribution in [1.82, 2.24) is 15.1 Å². The first-order valence-corrected chi connectivity index (χ1v) is 11.2. The maximum atomic E-state index is 12.7. The van der Waals surface area contributed by atoms with E-state index in [2.05, 4.69) is 33.4 Å². The second-order valence-electron chi connectivity index (χ2n) is 7.18. The van der Waals surface area contributed by atoms with Crippen LogP contribution in [-0.4, -0.2) is 34.1 Å². The van der Waals surface area contributed by atoms with Gasteiger partial charge in [0.25, 0.3) is 5.91 Å². The van der Waals surface area contributed by atoms with Gasteiger partial charge in [-0.1, -0.05) is 48.1 Å². The first-order valence-electron chi connectivity index (χ1n) is 9.97. The third-order valence-corrected chi connectivity index (χ3v) is 6.10. The molecule has 0 unspecified atom stereocenters. The van der Waals surface area contributed by atoms with E-state index in [1.165, 1.54) is 22.5 Å². The highest BCUT2D eigenvalue weighted by Crippen LogP contribution is 2.26. The quantitative estimate of drug-likeness (QED) is 0.569. The Labute approximate surface area is 184 Å². The van der Waals surface area contributed by atoms with Crippen molar-refractivity contribution in [2.75, 3.05) is 18.4 Å². The van der Waals surface area contributed by atoms with E-state index in [4.69, 9.17) is 16.3 Å². The number of nitrogens with one attached hydrogen (secondary N) is 1. The van der Waals surface area contributed by atoms with Crippen LogP contribution < -0.4 is 10.1 Å². The fourth-order valence-electron chi connectivity index (χ4n) is 3.49. The molecule has 4 rings (SSSR count). The lowest BCUT2D eigenvalue weighted by molar-refractivity contribution is 0.102. The summed E-state index contributed by atoms with van der Waals surface area (Å²) >= 11 is 7.38. The number of nitrogens with zero attached hydrogens (tertiary/aromatic N) is 3. The summed E-state index contributed by atoms with van der Waals surface area (Å²) in [5.41, 5.74) is 3.20. The van der Waals surface area contributed by atoms with Gasteiger partial charge in [0.15, 0.2) is 5.01 Å². The standard InChI is InChI=1S/C22H23ClN4O2S/c1-2-10-27-11-9-15-12-16(7-8-17(15)13-27)21(28)24-22-26-25-20(30-22)14-29-19-6-4-3-5-18(19)23/h3-8,12H,2,9-11,13-14H2,1H3,(H,24,26,28). The largest absolute Gasteiger partial charge is 0.485 e. The number of anilines is 1. The predicted octanol–water partition coefficient (Wildman–Crippen LogP) is 4.79. The van der Waals surface area contributed by atoms with Gasteiger partial charge in [-0.15, -0.1) is 10.2 Å². The minimum Gasteiger partial charge on any atom is -0.485 e. The molecule has 0 bridgehead atoms. The van der Waals surface area contributed by atoms with Gasteiger partial charge in [-0.25, -0.2) is 0 Å². The molecule has 0 spiro atoms. The van der Waals surface area contributed by atoms with Crippen molar-refractivity contribution in [3.63, 3.8) is 0 Å². The molecular formula is C22H23ClN4O2S. The Morgan fingerprint density at radius 3 is 2.93 bits per heavy atom. The summed E-state index contributed by atoms with van der Waals surface area (Å²) in [6, 6.07) is 13.2. The van der Waals surface area contributed by atoms with Gasteiger partial charge in [0.05, 0.1) is 5.02 Å². The molecule has 8 heteroatoms. The van der Waals surface area contributed by atoms with Gasteiger partial charge >= 0.3 is 0 Å². The number of aromatic nitrogens is 2. The average molecular weight is 443 g/mol. The molecule has 0 fully saturated rings. The highest BCUT2D eigenvalue weighted by Gasteiger charge is 2.18. The van der Waals surface area contributed by atoms with Gasteiger partial charge < -0.3 is 4.74 Å². The van der Waals surface area contributed by atoms with Gasteiger partial charge in [-0.2, -0.15) is 0 Å². The maximum absolute atomic E-state index is 12.7. The number of rotatable bonds is 7. The SMILES string of the molecule is CCCN1CCc2cc(C(=O)Nc3nnc(COc4ccccc4Cl)s3)ccc2C1. The summed E-state index contributed by atoms with van der Waals surface area (Å²) in [7, 11) is 0. The fourth-order valence-corrected chi connectivity index (χ4v) is 4.33. The second kappa shape index (κ2) is 9.55. The normalized spacial score (nSPS) is 13.7. The molecule has 0 aliphatic carbocycles. The lowest BCUT2D eigenvalue weighted by atomic mass is 9.97. The van der Waals surface area contributed by atoms with Crippen molar-refractivity contribution in [2.24, 2.45) is 0 Å². The van der Waals surface area contributed by atoms with Crippen molar-refractivity contribution < 1.29 is 9.53 Å². The van der Waals surface area contributed by atoms with Crippen molar-refractivity contribution in [3.8, 4) is 5.75 Å². The molecule has 1 aliphatic heterocycles. The third-order valence-electron chi connectivity index (χ3n) is 4.97. The molecule has 3 aromatic rings. The molecule has 1 amide bonds. The summed E-state index contributed by atoms with van der Waals surface area (Å²) in [5, 5.41) is 12.6. The van der Waals surface area contributed by atoms with E-state index in [1.807, 2.05) is 24.3 Å². The Kier molecular flexibility index (Phi) is 6.62. The van der Waals surface area contributed by atoms with Crippen LogP contribution in [0.25, 0.3) is 0 Å². The lowest BCUT2D eigenvalue weighted by Gasteiger charge is -2.28. The fraction of sp³-hybridized carbons (Fsp3) is 0.318. The van der Waals surface area contributed by atoms with E-state index >= 15 is 0 Å². The van der Waals surface area contributed by atoms with E-state index in [-0.39, 0.29) is 12.5 Å². The first-order chi connectivity index (χ1) is 14.6. The molecule has 2 aromatic carbocycles. The Morgan fingerprint density at radius 2 is 2.10 bits per heavy atom. The Morgan fingerprint density at radius 1 is 1.23 bits per heavy atom. The van der Waals surface area contributed by atoms with Crippen LogP contribution in [0.2, 0.25) is 5.02 Å². The number of para-hydroxylation sites is 1. The van der Waals surface area contributed by atoms with Crippen LogP contribution in [0, 0.1) is 0 Å².